The zero-order chi connectivity index (χ0) is 18.7. The summed E-state index contributed by atoms with van der Waals surface area (Å²) in [5, 5.41) is 2.26. The van der Waals surface area contributed by atoms with E-state index in [1.165, 1.54) is 0 Å². The Morgan fingerprint density at radius 3 is 2.54 bits per heavy atom. The molecule has 1 aromatic heterocycles. The van der Waals surface area contributed by atoms with Crippen LogP contribution < -0.4 is 11.2 Å². The van der Waals surface area contributed by atoms with Gasteiger partial charge >= 0.3 is 5.69 Å². The molecule has 0 bridgehead atoms. The lowest BCUT2D eigenvalue weighted by Crippen LogP contribution is -2.36. The summed E-state index contributed by atoms with van der Waals surface area (Å²) < 4.78 is 7.03. The largest absolute Gasteiger partial charge is 0.361 e. The van der Waals surface area contributed by atoms with E-state index in [1.807, 2.05) is 45.0 Å². The van der Waals surface area contributed by atoms with Gasteiger partial charge < -0.3 is 4.74 Å². The van der Waals surface area contributed by atoms with E-state index in [4.69, 9.17) is 4.74 Å². The SMILES string of the molecule is CCOCn1c(Cc2cccc3ccccc23)c(C(C)C)c(=O)[nH]c1=O. The minimum atomic E-state index is -0.428. The van der Waals surface area contributed by atoms with Crippen LogP contribution in [0.1, 0.15) is 43.5 Å². The summed E-state index contributed by atoms with van der Waals surface area (Å²) in [6.07, 6.45) is 0.501. The lowest BCUT2D eigenvalue weighted by Gasteiger charge is -2.19. The summed E-state index contributed by atoms with van der Waals surface area (Å²) in [5.74, 6) is -0.00259. The lowest BCUT2D eigenvalue weighted by molar-refractivity contribution is 0.0821. The molecule has 1 heterocycles. The molecule has 136 valence electrons. The molecular formula is C21H24N2O3. The molecule has 0 saturated heterocycles. The Morgan fingerprint density at radius 2 is 1.81 bits per heavy atom. The summed E-state index contributed by atoms with van der Waals surface area (Å²) in [5.41, 5.74) is 1.70. The molecule has 0 aliphatic heterocycles. The number of fused-ring (bicyclic) bond motifs is 1. The first-order valence-electron chi connectivity index (χ1n) is 8.93. The second-order valence-electron chi connectivity index (χ2n) is 6.64. The second-order valence-corrected chi connectivity index (χ2v) is 6.64. The van der Waals surface area contributed by atoms with Crippen molar-refractivity contribution in [1.82, 2.24) is 9.55 Å². The van der Waals surface area contributed by atoms with Gasteiger partial charge in [-0.3, -0.25) is 14.3 Å². The van der Waals surface area contributed by atoms with E-state index in [0.717, 1.165) is 22.0 Å². The fourth-order valence-electron chi connectivity index (χ4n) is 3.36. The third-order valence-electron chi connectivity index (χ3n) is 4.59. The van der Waals surface area contributed by atoms with Crippen LogP contribution in [-0.2, 0) is 17.9 Å². The first-order chi connectivity index (χ1) is 12.5. The third kappa shape index (κ3) is 3.48. The van der Waals surface area contributed by atoms with Crippen molar-refractivity contribution in [1.29, 1.82) is 0 Å². The van der Waals surface area contributed by atoms with Gasteiger partial charge in [0.05, 0.1) is 0 Å². The maximum atomic E-state index is 12.5. The molecule has 26 heavy (non-hydrogen) atoms. The number of hydrogen-bond acceptors (Lipinski definition) is 3. The van der Waals surface area contributed by atoms with Crippen LogP contribution in [0, 0.1) is 0 Å². The van der Waals surface area contributed by atoms with Crippen LogP contribution in [0.4, 0.5) is 0 Å². The molecule has 0 saturated carbocycles. The Bertz CT molecular complexity index is 1030. The van der Waals surface area contributed by atoms with Gasteiger partial charge in [-0.05, 0) is 29.2 Å². The number of H-pyrrole nitrogens is 1. The molecule has 5 heteroatoms. The van der Waals surface area contributed by atoms with Crippen molar-refractivity contribution < 1.29 is 4.74 Å². The molecular weight excluding hydrogens is 328 g/mol. The summed E-state index contributed by atoms with van der Waals surface area (Å²) in [6.45, 7) is 6.44. The predicted octanol–water partition coefficient (Wildman–Crippen LogP) is 3.40. The van der Waals surface area contributed by atoms with E-state index in [-0.39, 0.29) is 18.2 Å². The predicted molar refractivity (Wildman–Crippen MR) is 104 cm³/mol. The van der Waals surface area contributed by atoms with E-state index >= 15 is 0 Å². The Kier molecular flexibility index (Phi) is 5.38. The van der Waals surface area contributed by atoms with Gasteiger partial charge in [0.2, 0.25) is 0 Å². The molecule has 0 unspecified atom stereocenters. The second kappa shape index (κ2) is 7.70. The molecule has 5 nitrogen and oxygen atoms in total. The molecule has 0 aliphatic carbocycles. The topological polar surface area (TPSA) is 64.1 Å². The number of aromatic nitrogens is 2. The normalized spacial score (nSPS) is 11.4. The van der Waals surface area contributed by atoms with Gasteiger partial charge in [0, 0.05) is 24.3 Å². The molecule has 0 amide bonds. The number of benzene rings is 2. The average molecular weight is 352 g/mol. The summed E-state index contributed by atoms with van der Waals surface area (Å²) in [4.78, 5) is 27.3. The highest BCUT2D eigenvalue weighted by Gasteiger charge is 2.18. The number of rotatable bonds is 6. The molecule has 0 fully saturated rings. The Balaban J connectivity index is 2.21. The highest BCUT2D eigenvalue weighted by atomic mass is 16.5. The maximum Gasteiger partial charge on any atom is 0.330 e. The van der Waals surface area contributed by atoms with Crippen LogP contribution in [-0.4, -0.2) is 16.2 Å². The van der Waals surface area contributed by atoms with E-state index in [1.54, 1.807) is 4.57 Å². The van der Waals surface area contributed by atoms with Crippen LogP contribution in [0.25, 0.3) is 10.8 Å². The molecule has 3 aromatic rings. The van der Waals surface area contributed by atoms with Crippen LogP contribution in [0.3, 0.4) is 0 Å². The van der Waals surface area contributed by atoms with Crippen molar-refractivity contribution in [3.63, 3.8) is 0 Å². The summed E-state index contributed by atoms with van der Waals surface area (Å²) in [6, 6.07) is 14.2. The number of ether oxygens (including phenoxy) is 1. The molecule has 1 N–H and O–H groups in total. The van der Waals surface area contributed by atoms with Crippen molar-refractivity contribution in [3.8, 4) is 0 Å². The molecule has 2 aromatic carbocycles. The average Bonchev–Trinajstić information content (AvgIpc) is 2.61. The maximum absolute atomic E-state index is 12.5. The molecule has 3 rings (SSSR count). The fourth-order valence-corrected chi connectivity index (χ4v) is 3.36. The Morgan fingerprint density at radius 1 is 1.08 bits per heavy atom. The fraction of sp³-hybridized carbons (Fsp3) is 0.333. The number of hydrogen-bond donors (Lipinski definition) is 1. The van der Waals surface area contributed by atoms with Crippen LogP contribution in [0.2, 0.25) is 0 Å². The zero-order valence-electron chi connectivity index (χ0n) is 15.4. The molecule has 0 radical (unpaired) electrons. The number of aromatic amines is 1. The van der Waals surface area contributed by atoms with E-state index in [2.05, 4.69) is 23.2 Å². The minimum absolute atomic E-state index is 0.00259. The molecule has 0 aliphatic rings. The van der Waals surface area contributed by atoms with Gasteiger partial charge in [-0.1, -0.05) is 56.3 Å². The lowest BCUT2D eigenvalue weighted by atomic mass is 9.95. The Labute approximate surface area is 152 Å². The molecule has 0 spiro atoms. The van der Waals surface area contributed by atoms with Gasteiger partial charge in [0.25, 0.3) is 5.56 Å². The van der Waals surface area contributed by atoms with Crippen LogP contribution in [0.5, 0.6) is 0 Å². The highest BCUT2D eigenvalue weighted by molar-refractivity contribution is 5.85. The van der Waals surface area contributed by atoms with Gasteiger partial charge in [0.15, 0.2) is 0 Å². The zero-order valence-corrected chi connectivity index (χ0v) is 15.4. The molecule has 0 atom stereocenters. The van der Waals surface area contributed by atoms with Gasteiger partial charge in [-0.2, -0.15) is 0 Å². The van der Waals surface area contributed by atoms with Crippen molar-refractivity contribution >= 4 is 10.8 Å². The van der Waals surface area contributed by atoms with Crippen molar-refractivity contribution in [2.24, 2.45) is 0 Å². The third-order valence-corrected chi connectivity index (χ3v) is 4.59. The van der Waals surface area contributed by atoms with Crippen LogP contribution >= 0.6 is 0 Å². The smallest absolute Gasteiger partial charge is 0.330 e. The standard InChI is InChI=1S/C21H24N2O3/c1-4-26-13-23-18(19(14(2)3)20(24)22-21(23)25)12-16-10-7-9-15-8-5-6-11-17(15)16/h5-11,14H,4,12-13H2,1-3H3,(H,22,24,25). The van der Waals surface area contributed by atoms with E-state index in [0.29, 0.717) is 18.6 Å². The van der Waals surface area contributed by atoms with Gasteiger partial charge in [0.1, 0.15) is 6.73 Å². The first kappa shape index (κ1) is 18.1. The van der Waals surface area contributed by atoms with Gasteiger partial charge in [-0.15, -0.1) is 0 Å². The van der Waals surface area contributed by atoms with Gasteiger partial charge in [-0.25, -0.2) is 4.79 Å². The van der Waals surface area contributed by atoms with E-state index < -0.39 is 5.69 Å². The highest BCUT2D eigenvalue weighted by Crippen LogP contribution is 2.23. The summed E-state index contributed by atoms with van der Waals surface area (Å²) >= 11 is 0. The summed E-state index contributed by atoms with van der Waals surface area (Å²) in [7, 11) is 0. The van der Waals surface area contributed by atoms with Crippen molar-refractivity contribution in [2.75, 3.05) is 6.61 Å². The van der Waals surface area contributed by atoms with E-state index in [9.17, 15) is 9.59 Å². The minimum Gasteiger partial charge on any atom is -0.361 e. The van der Waals surface area contributed by atoms with Crippen molar-refractivity contribution in [3.05, 3.63) is 80.1 Å². The monoisotopic (exact) mass is 352 g/mol. The Hall–Kier alpha value is -2.66. The number of nitrogens with one attached hydrogen (secondary N) is 1. The first-order valence-corrected chi connectivity index (χ1v) is 8.93. The van der Waals surface area contributed by atoms with Crippen LogP contribution in [0.15, 0.2) is 52.1 Å². The van der Waals surface area contributed by atoms with Crippen molar-refractivity contribution in [2.45, 2.75) is 39.8 Å². The quantitative estimate of drug-likeness (QED) is 0.739. The number of nitrogens with zero attached hydrogens (tertiary/aromatic N) is 1.